The van der Waals surface area contributed by atoms with Crippen LogP contribution in [-0.4, -0.2) is 31.8 Å². The Morgan fingerprint density at radius 1 is 0.969 bits per heavy atom. The molecule has 0 saturated carbocycles. The maximum absolute atomic E-state index is 12.2. The van der Waals surface area contributed by atoms with Crippen LogP contribution in [0.3, 0.4) is 0 Å². The molecule has 2 aromatic heterocycles. The molecule has 5 aromatic rings. The van der Waals surface area contributed by atoms with Gasteiger partial charge in [-0.15, -0.1) is 0 Å². The van der Waals surface area contributed by atoms with E-state index < -0.39 is 0 Å². The number of anilines is 1. The molecular weight excluding hydrogens is 400 g/mol. The van der Waals surface area contributed by atoms with Crippen LogP contribution in [0.25, 0.3) is 33.5 Å². The lowest BCUT2D eigenvalue weighted by atomic mass is 10.0. The minimum Gasteiger partial charge on any atom is -0.307 e. The van der Waals surface area contributed by atoms with Crippen molar-refractivity contribution >= 4 is 23.0 Å². The van der Waals surface area contributed by atoms with E-state index in [1.54, 1.807) is 0 Å². The summed E-state index contributed by atoms with van der Waals surface area (Å²) in [6.07, 6.45) is 4.35. The highest BCUT2D eigenvalue weighted by Gasteiger charge is 2.28. The molecule has 7 nitrogen and oxygen atoms in total. The number of aromatic nitrogens is 5. The number of nitrogens with zero attached hydrogens (tertiary/aromatic N) is 4. The van der Waals surface area contributed by atoms with E-state index in [9.17, 15) is 4.79 Å². The van der Waals surface area contributed by atoms with Crippen LogP contribution in [0.4, 0.5) is 5.69 Å². The van der Waals surface area contributed by atoms with Crippen molar-refractivity contribution in [2.45, 2.75) is 18.9 Å². The molecule has 0 fully saturated rings. The van der Waals surface area contributed by atoms with Crippen LogP contribution in [-0.2, 0) is 11.2 Å². The second-order valence-corrected chi connectivity index (χ2v) is 7.98. The predicted octanol–water partition coefficient (Wildman–Crippen LogP) is 4.67. The molecule has 0 bridgehead atoms. The van der Waals surface area contributed by atoms with E-state index in [2.05, 4.69) is 43.6 Å². The number of carbonyl (C=O) groups excluding carboxylic acids is 1. The average Bonchev–Trinajstić information content (AvgIpc) is 3.59. The average molecular weight is 420 g/mol. The summed E-state index contributed by atoms with van der Waals surface area (Å²) < 4.78 is 0. The summed E-state index contributed by atoms with van der Waals surface area (Å²) >= 11 is 0. The second kappa shape index (κ2) is 7.46. The van der Waals surface area contributed by atoms with Crippen molar-refractivity contribution in [3.05, 3.63) is 84.2 Å². The van der Waals surface area contributed by atoms with Gasteiger partial charge in [0.1, 0.15) is 6.33 Å². The van der Waals surface area contributed by atoms with Gasteiger partial charge < -0.3 is 4.90 Å². The van der Waals surface area contributed by atoms with Crippen LogP contribution < -0.4 is 4.90 Å². The lowest BCUT2D eigenvalue weighted by Crippen LogP contribution is -2.25. The van der Waals surface area contributed by atoms with Crippen LogP contribution in [0.5, 0.6) is 0 Å². The fourth-order valence-electron chi connectivity index (χ4n) is 4.68. The van der Waals surface area contributed by atoms with Gasteiger partial charge in [0.05, 0.1) is 17.3 Å². The van der Waals surface area contributed by atoms with Crippen molar-refractivity contribution in [2.75, 3.05) is 4.90 Å². The molecule has 7 heteroatoms. The number of aromatic amines is 2. The zero-order valence-electron chi connectivity index (χ0n) is 17.2. The third-order valence-corrected chi connectivity index (χ3v) is 6.22. The van der Waals surface area contributed by atoms with E-state index in [0.29, 0.717) is 5.82 Å². The summed E-state index contributed by atoms with van der Waals surface area (Å²) in [6.45, 7) is 0. The Kier molecular flexibility index (Phi) is 4.31. The lowest BCUT2D eigenvalue weighted by molar-refractivity contribution is -0.107. The Hall–Kier alpha value is -4.26. The number of nitrogens with one attached hydrogen (secondary N) is 2. The van der Waals surface area contributed by atoms with Crippen molar-refractivity contribution in [3.63, 3.8) is 0 Å². The van der Waals surface area contributed by atoms with Gasteiger partial charge >= 0.3 is 0 Å². The van der Waals surface area contributed by atoms with Gasteiger partial charge in [0.2, 0.25) is 6.41 Å². The maximum Gasteiger partial charge on any atom is 0.214 e. The van der Waals surface area contributed by atoms with Gasteiger partial charge in [0, 0.05) is 22.2 Å². The van der Waals surface area contributed by atoms with Crippen molar-refractivity contribution in [2.24, 2.45) is 0 Å². The first-order chi connectivity index (χ1) is 15.8. The van der Waals surface area contributed by atoms with Crippen LogP contribution in [0.1, 0.15) is 23.6 Å². The molecule has 1 atom stereocenters. The van der Waals surface area contributed by atoms with Gasteiger partial charge in [-0.25, -0.2) is 4.98 Å². The highest BCUT2D eigenvalue weighted by Crippen LogP contribution is 2.39. The number of rotatable bonds is 5. The van der Waals surface area contributed by atoms with E-state index in [1.165, 1.54) is 17.5 Å². The smallest absolute Gasteiger partial charge is 0.214 e. The molecule has 0 spiro atoms. The molecule has 1 aliphatic rings. The number of benzene rings is 3. The molecule has 0 saturated heterocycles. The third kappa shape index (κ3) is 2.98. The summed E-state index contributed by atoms with van der Waals surface area (Å²) in [5, 5.41) is 15.5. The van der Waals surface area contributed by atoms with E-state index in [4.69, 9.17) is 0 Å². The molecule has 3 aromatic carbocycles. The first-order valence-electron chi connectivity index (χ1n) is 10.6. The summed E-state index contributed by atoms with van der Waals surface area (Å²) in [5.74, 6) is 0.708. The minimum atomic E-state index is 0.0490. The van der Waals surface area contributed by atoms with Gasteiger partial charge in [0.15, 0.2) is 5.82 Å². The monoisotopic (exact) mass is 420 g/mol. The Morgan fingerprint density at radius 3 is 2.78 bits per heavy atom. The summed E-state index contributed by atoms with van der Waals surface area (Å²) in [7, 11) is 0. The van der Waals surface area contributed by atoms with E-state index in [-0.39, 0.29) is 6.04 Å². The Morgan fingerprint density at radius 2 is 1.91 bits per heavy atom. The van der Waals surface area contributed by atoms with Crippen LogP contribution in [0, 0.1) is 0 Å². The molecule has 0 unspecified atom stereocenters. The predicted molar refractivity (Wildman–Crippen MR) is 123 cm³/mol. The van der Waals surface area contributed by atoms with Gasteiger partial charge in [-0.2, -0.15) is 10.2 Å². The number of hydrogen-bond acceptors (Lipinski definition) is 4. The number of amides is 1. The topological polar surface area (TPSA) is 90.6 Å². The largest absolute Gasteiger partial charge is 0.307 e. The highest BCUT2D eigenvalue weighted by molar-refractivity contribution is 5.96. The second-order valence-electron chi connectivity index (χ2n) is 7.98. The van der Waals surface area contributed by atoms with Crippen molar-refractivity contribution in [3.8, 4) is 22.6 Å². The van der Waals surface area contributed by atoms with Gasteiger partial charge in [-0.05, 0) is 54.3 Å². The van der Waals surface area contributed by atoms with E-state index in [1.807, 2.05) is 53.4 Å². The molecule has 156 valence electrons. The number of hydrogen-bond donors (Lipinski definition) is 2. The molecule has 0 radical (unpaired) electrons. The third-order valence-electron chi connectivity index (χ3n) is 6.22. The number of aryl methyl sites for hydroxylation is 1. The standard InChI is InChI=1S/C25H20N6O/c32-15-31(23-11-9-16-4-1-2-7-20(16)23)19-6-3-5-17(12-19)24-21-13-18(25-26-14-27-30-25)8-10-22(21)28-29-24/h1-8,10,12-15,23H,9,11H2,(H,28,29)(H,26,27,30)/t23-/m1/s1. The SMILES string of the molecule is O=CN(c1cccc(-c2n[nH]c3ccc(-c4ncn[nH]4)cc23)c1)[C@@H]1CCc2ccccc21. The van der Waals surface area contributed by atoms with Crippen LogP contribution in [0.15, 0.2) is 73.1 Å². The lowest BCUT2D eigenvalue weighted by Gasteiger charge is -2.26. The van der Waals surface area contributed by atoms with Crippen LogP contribution in [0.2, 0.25) is 0 Å². The zero-order chi connectivity index (χ0) is 21.5. The molecule has 32 heavy (non-hydrogen) atoms. The molecule has 2 heterocycles. The number of H-pyrrole nitrogens is 2. The number of carbonyl (C=O) groups is 1. The van der Waals surface area contributed by atoms with E-state index in [0.717, 1.165) is 52.7 Å². The quantitative estimate of drug-likeness (QED) is 0.405. The normalized spacial score (nSPS) is 15.1. The summed E-state index contributed by atoms with van der Waals surface area (Å²) in [4.78, 5) is 18.3. The van der Waals surface area contributed by atoms with Crippen LogP contribution >= 0.6 is 0 Å². The zero-order valence-corrected chi connectivity index (χ0v) is 17.2. The first-order valence-corrected chi connectivity index (χ1v) is 10.6. The van der Waals surface area contributed by atoms with Crippen molar-refractivity contribution in [1.82, 2.24) is 25.4 Å². The van der Waals surface area contributed by atoms with Crippen molar-refractivity contribution in [1.29, 1.82) is 0 Å². The minimum absolute atomic E-state index is 0.0490. The fourth-order valence-corrected chi connectivity index (χ4v) is 4.68. The summed E-state index contributed by atoms with van der Waals surface area (Å²) in [6, 6.07) is 22.4. The first kappa shape index (κ1) is 18.5. The van der Waals surface area contributed by atoms with Gasteiger partial charge in [0.25, 0.3) is 0 Å². The highest BCUT2D eigenvalue weighted by atomic mass is 16.1. The number of fused-ring (bicyclic) bond motifs is 2. The molecule has 0 aliphatic heterocycles. The molecule has 1 aliphatic carbocycles. The maximum atomic E-state index is 12.2. The van der Waals surface area contributed by atoms with Gasteiger partial charge in [-0.3, -0.25) is 15.0 Å². The Balaban J connectivity index is 1.41. The molecule has 1 amide bonds. The molecule has 6 rings (SSSR count). The fraction of sp³-hybridized carbons (Fsp3) is 0.120. The van der Waals surface area contributed by atoms with E-state index >= 15 is 0 Å². The Bertz CT molecular complexity index is 1420. The Labute approximate surface area is 184 Å². The molecular formula is C25H20N6O. The van der Waals surface area contributed by atoms with Gasteiger partial charge in [-0.1, -0.05) is 36.4 Å². The summed E-state index contributed by atoms with van der Waals surface area (Å²) in [5.41, 5.74) is 7.06. The van der Waals surface area contributed by atoms with Crippen molar-refractivity contribution < 1.29 is 4.79 Å². The molecule has 2 N–H and O–H groups in total.